The van der Waals surface area contributed by atoms with Crippen molar-refractivity contribution in [2.45, 2.75) is 18.2 Å². The molecule has 3 N–H and O–H groups in total. The van der Waals surface area contributed by atoms with Gasteiger partial charge in [-0.2, -0.15) is 0 Å². The van der Waals surface area contributed by atoms with Crippen LogP contribution in [0.1, 0.15) is 13.3 Å². The Morgan fingerprint density at radius 2 is 1.84 bits per heavy atom. The van der Waals surface area contributed by atoms with Crippen molar-refractivity contribution in [3.63, 3.8) is 0 Å². The SMILES string of the molecule is CC[C@H](CN)CNS(=O)(=O)c1ccc(N(C)C)cc1. The molecule has 19 heavy (non-hydrogen) atoms. The van der Waals surface area contributed by atoms with Crippen molar-refractivity contribution in [1.82, 2.24) is 4.72 Å². The van der Waals surface area contributed by atoms with Crippen molar-refractivity contribution in [3.8, 4) is 0 Å². The van der Waals surface area contributed by atoms with Gasteiger partial charge < -0.3 is 10.6 Å². The predicted molar refractivity (Wildman–Crippen MR) is 78.8 cm³/mol. The smallest absolute Gasteiger partial charge is 0.240 e. The van der Waals surface area contributed by atoms with E-state index in [0.717, 1.165) is 12.1 Å². The van der Waals surface area contributed by atoms with Crippen LogP contribution < -0.4 is 15.4 Å². The van der Waals surface area contributed by atoms with Crippen molar-refractivity contribution < 1.29 is 8.42 Å². The lowest BCUT2D eigenvalue weighted by Gasteiger charge is -2.15. The number of hydrogen-bond donors (Lipinski definition) is 2. The molecule has 1 rings (SSSR count). The lowest BCUT2D eigenvalue weighted by atomic mass is 10.1. The molecule has 6 heteroatoms. The van der Waals surface area contributed by atoms with Gasteiger partial charge in [0, 0.05) is 26.3 Å². The summed E-state index contributed by atoms with van der Waals surface area (Å²) in [6.45, 7) is 2.86. The van der Waals surface area contributed by atoms with Crippen molar-refractivity contribution in [1.29, 1.82) is 0 Å². The van der Waals surface area contributed by atoms with E-state index in [9.17, 15) is 8.42 Å². The summed E-state index contributed by atoms with van der Waals surface area (Å²) in [7, 11) is 0.381. The topological polar surface area (TPSA) is 75.4 Å². The molecule has 0 radical (unpaired) electrons. The summed E-state index contributed by atoms with van der Waals surface area (Å²) in [6.07, 6.45) is 0.860. The Bertz CT molecular complexity index is 479. The van der Waals surface area contributed by atoms with E-state index in [-0.39, 0.29) is 10.8 Å². The molecule has 0 unspecified atom stereocenters. The van der Waals surface area contributed by atoms with Gasteiger partial charge in [0.1, 0.15) is 0 Å². The Balaban J connectivity index is 2.77. The quantitative estimate of drug-likeness (QED) is 0.784. The maximum absolute atomic E-state index is 12.1. The number of benzene rings is 1. The second-order valence-electron chi connectivity index (χ2n) is 4.75. The van der Waals surface area contributed by atoms with Gasteiger partial charge in [-0.25, -0.2) is 13.1 Å². The molecule has 0 aromatic heterocycles. The summed E-state index contributed by atoms with van der Waals surface area (Å²) in [5, 5.41) is 0. The molecule has 0 spiro atoms. The van der Waals surface area contributed by atoms with Gasteiger partial charge in [-0.1, -0.05) is 13.3 Å². The first-order valence-corrected chi connectivity index (χ1v) is 7.86. The fourth-order valence-electron chi connectivity index (χ4n) is 1.63. The molecule has 0 aliphatic heterocycles. The Morgan fingerprint density at radius 1 is 1.26 bits per heavy atom. The summed E-state index contributed by atoms with van der Waals surface area (Å²) >= 11 is 0. The van der Waals surface area contributed by atoms with E-state index in [1.54, 1.807) is 24.3 Å². The highest BCUT2D eigenvalue weighted by atomic mass is 32.2. The van der Waals surface area contributed by atoms with Crippen LogP contribution in [0.3, 0.4) is 0 Å². The molecule has 0 amide bonds. The molecule has 0 bridgehead atoms. The number of sulfonamides is 1. The molecule has 0 heterocycles. The number of hydrogen-bond acceptors (Lipinski definition) is 4. The van der Waals surface area contributed by atoms with E-state index >= 15 is 0 Å². The summed E-state index contributed by atoms with van der Waals surface area (Å²) < 4.78 is 26.8. The van der Waals surface area contributed by atoms with Crippen LogP contribution in [-0.4, -0.2) is 35.6 Å². The van der Waals surface area contributed by atoms with Gasteiger partial charge in [0.25, 0.3) is 0 Å². The first-order chi connectivity index (χ1) is 8.90. The average Bonchev–Trinajstić information content (AvgIpc) is 2.40. The fraction of sp³-hybridized carbons (Fsp3) is 0.538. The highest BCUT2D eigenvalue weighted by molar-refractivity contribution is 7.89. The van der Waals surface area contributed by atoms with Crippen LogP contribution >= 0.6 is 0 Å². The minimum atomic E-state index is -3.44. The third-order valence-corrected chi connectivity index (χ3v) is 4.58. The van der Waals surface area contributed by atoms with Crippen LogP contribution in [-0.2, 0) is 10.0 Å². The van der Waals surface area contributed by atoms with E-state index in [2.05, 4.69) is 4.72 Å². The normalized spacial score (nSPS) is 13.3. The van der Waals surface area contributed by atoms with E-state index in [0.29, 0.717) is 13.1 Å². The van der Waals surface area contributed by atoms with Gasteiger partial charge in [0.15, 0.2) is 0 Å². The Labute approximate surface area is 115 Å². The van der Waals surface area contributed by atoms with E-state index < -0.39 is 10.0 Å². The minimum absolute atomic E-state index is 0.177. The van der Waals surface area contributed by atoms with Gasteiger partial charge in [-0.3, -0.25) is 0 Å². The lowest BCUT2D eigenvalue weighted by Crippen LogP contribution is -2.32. The monoisotopic (exact) mass is 285 g/mol. The van der Waals surface area contributed by atoms with Crippen molar-refractivity contribution in [2.24, 2.45) is 11.7 Å². The number of nitrogens with one attached hydrogen (secondary N) is 1. The number of anilines is 1. The Hall–Kier alpha value is -1.11. The summed E-state index contributed by atoms with van der Waals surface area (Å²) in [4.78, 5) is 2.20. The van der Waals surface area contributed by atoms with Crippen molar-refractivity contribution in [2.75, 3.05) is 32.1 Å². The van der Waals surface area contributed by atoms with Crippen LogP contribution in [0.4, 0.5) is 5.69 Å². The largest absolute Gasteiger partial charge is 0.378 e. The second kappa shape index (κ2) is 6.88. The standard InChI is InChI=1S/C13H23N3O2S/c1-4-11(9-14)10-15-19(17,18)13-7-5-12(6-8-13)16(2)3/h5-8,11,15H,4,9-10,14H2,1-3H3/t11-/m1/s1. The fourth-order valence-corrected chi connectivity index (χ4v) is 2.74. The number of rotatable bonds is 7. The van der Waals surface area contributed by atoms with Gasteiger partial charge in [-0.15, -0.1) is 0 Å². The third-order valence-electron chi connectivity index (χ3n) is 3.14. The molecule has 0 saturated carbocycles. The van der Waals surface area contributed by atoms with Crippen LogP contribution in [0, 0.1) is 5.92 Å². The molecule has 1 aromatic rings. The van der Waals surface area contributed by atoms with Gasteiger partial charge >= 0.3 is 0 Å². The molecule has 0 aliphatic carbocycles. The van der Waals surface area contributed by atoms with Gasteiger partial charge in [0.2, 0.25) is 10.0 Å². The maximum atomic E-state index is 12.1. The molecular weight excluding hydrogens is 262 g/mol. The number of nitrogens with zero attached hydrogens (tertiary/aromatic N) is 1. The molecule has 1 aromatic carbocycles. The summed E-state index contributed by atoms with van der Waals surface area (Å²) in [6, 6.07) is 6.80. The van der Waals surface area contributed by atoms with Crippen LogP contribution in [0.25, 0.3) is 0 Å². The average molecular weight is 285 g/mol. The predicted octanol–water partition coefficient (Wildman–Crippen LogP) is 1.02. The van der Waals surface area contributed by atoms with E-state index in [1.165, 1.54) is 0 Å². The zero-order valence-electron chi connectivity index (χ0n) is 11.8. The zero-order valence-corrected chi connectivity index (χ0v) is 12.6. The first kappa shape index (κ1) is 15.9. The van der Waals surface area contributed by atoms with Crippen LogP contribution in [0.2, 0.25) is 0 Å². The second-order valence-corrected chi connectivity index (χ2v) is 6.52. The molecule has 0 saturated heterocycles. The van der Waals surface area contributed by atoms with Gasteiger partial charge in [0.05, 0.1) is 4.90 Å². The highest BCUT2D eigenvalue weighted by Crippen LogP contribution is 2.16. The molecule has 108 valence electrons. The number of nitrogens with two attached hydrogens (primary N) is 1. The van der Waals surface area contributed by atoms with E-state index in [1.807, 2.05) is 25.9 Å². The van der Waals surface area contributed by atoms with Crippen LogP contribution in [0.5, 0.6) is 0 Å². The molecule has 1 atom stereocenters. The Morgan fingerprint density at radius 3 is 2.26 bits per heavy atom. The minimum Gasteiger partial charge on any atom is -0.378 e. The van der Waals surface area contributed by atoms with E-state index in [4.69, 9.17) is 5.73 Å². The highest BCUT2D eigenvalue weighted by Gasteiger charge is 2.15. The van der Waals surface area contributed by atoms with Gasteiger partial charge in [-0.05, 0) is 36.7 Å². The van der Waals surface area contributed by atoms with Crippen molar-refractivity contribution >= 4 is 15.7 Å². The summed E-state index contributed by atoms with van der Waals surface area (Å²) in [5.41, 5.74) is 6.53. The molecule has 0 fully saturated rings. The lowest BCUT2D eigenvalue weighted by molar-refractivity contribution is 0.501. The molecule has 5 nitrogen and oxygen atoms in total. The molecular formula is C13H23N3O2S. The summed E-state index contributed by atoms with van der Waals surface area (Å²) in [5.74, 6) is 0.177. The van der Waals surface area contributed by atoms with Crippen LogP contribution in [0.15, 0.2) is 29.2 Å². The Kier molecular flexibility index (Phi) is 5.78. The molecule has 0 aliphatic rings. The third kappa shape index (κ3) is 4.49. The zero-order chi connectivity index (χ0) is 14.5. The first-order valence-electron chi connectivity index (χ1n) is 6.37. The van der Waals surface area contributed by atoms with Crippen molar-refractivity contribution in [3.05, 3.63) is 24.3 Å². The maximum Gasteiger partial charge on any atom is 0.240 e.